The SMILES string of the molecule is CN=C(NCc1cccnc1N1CCOCC1)NCC(C)COCc1ccccc1.I. The normalized spacial score (nSPS) is 15.2. The number of pyridine rings is 1. The van der Waals surface area contributed by atoms with E-state index in [1.54, 1.807) is 7.05 Å². The molecule has 31 heavy (non-hydrogen) atoms. The van der Waals surface area contributed by atoms with E-state index >= 15 is 0 Å². The second-order valence-electron chi connectivity index (χ2n) is 7.50. The third-order valence-corrected chi connectivity index (χ3v) is 4.98. The fourth-order valence-corrected chi connectivity index (χ4v) is 3.31. The van der Waals surface area contributed by atoms with Crippen molar-refractivity contribution in [3.8, 4) is 0 Å². The summed E-state index contributed by atoms with van der Waals surface area (Å²) in [6, 6.07) is 14.3. The maximum Gasteiger partial charge on any atom is 0.191 e. The van der Waals surface area contributed by atoms with Gasteiger partial charge in [-0.05, 0) is 17.5 Å². The van der Waals surface area contributed by atoms with Crippen LogP contribution in [-0.2, 0) is 22.6 Å². The van der Waals surface area contributed by atoms with Crippen LogP contribution in [0.15, 0.2) is 53.7 Å². The Morgan fingerprint density at radius 3 is 2.68 bits per heavy atom. The molecule has 1 atom stereocenters. The van der Waals surface area contributed by atoms with Crippen molar-refractivity contribution in [1.29, 1.82) is 0 Å². The van der Waals surface area contributed by atoms with E-state index in [1.807, 2.05) is 30.5 Å². The smallest absolute Gasteiger partial charge is 0.191 e. The summed E-state index contributed by atoms with van der Waals surface area (Å²) in [5, 5.41) is 6.79. The molecular formula is C23H34IN5O2. The fraction of sp³-hybridized carbons (Fsp3) is 0.478. The maximum absolute atomic E-state index is 5.84. The lowest BCUT2D eigenvalue weighted by Crippen LogP contribution is -2.41. The number of ether oxygens (including phenoxy) is 2. The molecule has 0 aliphatic carbocycles. The van der Waals surface area contributed by atoms with Crippen molar-refractivity contribution in [3.63, 3.8) is 0 Å². The van der Waals surface area contributed by atoms with Crippen molar-refractivity contribution in [1.82, 2.24) is 15.6 Å². The number of guanidine groups is 1. The van der Waals surface area contributed by atoms with Crippen LogP contribution >= 0.6 is 24.0 Å². The number of nitrogens with zero attached hydrogens (tertiary/aromatic N) is 3. The van der Waals surface area contributed by atoms with Gasteiger partial charge in [-0.15, -0.1) is 24.0 Å². The molecule has 1 saturated heterocycles. The van der Waals surface area contributed by atoms with Crippen LogP contribution in [0.25, 0.3) is 0 Å². The van der Waals surface area contributed by atoms with Crippen LogP contribution in [0.1, 0.15) is 18.1 Å². The van der Waals surface area contributed by atoms with Gasteiger partial charge in [-0.3, -0.25) is 4.99 Å². The van der Waals surface area contributed by atoms with E-state index in [2.05, 4.69) is 50.6 Å². The molecule has 0 amide bonds. The Balaban J connectivity index is 0.00000341. The Labute approximate surface area is 202 Å². The monoisotopic (exact) mass is 539 g/mol. The van der Waals surface area contributed by atoms with Gasteiger partial charge in [0.25, 0.3) is 0 Å². The van der Waals surface area contributed by atoms with Crippen molar-refractivity contribution >= 4 is 35.8 Å². The zero-order valence-corrected chi connectivity index (χ0v) is 20.7. The number of anilines is 1. The number of nitrogens with one attached hydrogen (secondary N) is 2. The molecule has 3 rings (SSSR count). The third-order valence-electron chi connectivity index (χ3n) is 4.98. The molecule has 1 aromatic carbocycles. The van der Waals surface area contributed by atoms with E-state index < -0.39 is 0 Å². The number of morpholine rings is 1. The molecule has 0 spiro atoms. The highest BCUT2D eigenvalue weighted by Gasteiger charge is 2.16. The summed E-state index contributed by atoms with van der Waals surface area (Å²) in [5.41, 5.74) is 2.35. The Bertz CT molecular complexity index is 785. The van der Waals surface area contributed by atoms with Gasteiger partial charge in [0.2, 0.25) is 0 Å². The molecule has 8 heteroatoms. The van der Waals surface area contributed by atoms with Crippen LogP contribution in [0.4, 0.5) is 5.82 Å². The van der Waals surface area contributed by atoms with Gasteiger partial charge in [-0.1, -0.05) is 43.3 Å². The van der Waals surface area contributed by atoms with Gasteiger partial charge in [0.05, 0.1) is 26.4 Å². The van der Waals surface area contributed by atoms with E-state index in [0.29, 0.717) is 25.7 Å². The summed E-state index contributed by atoms with van der Waals surface area (Å²) in [7, 11) is 1.79. The van der Waals surface area contributed by atoms with E-state index in [4.69, 9.17) is 9.47 Å². The topological polar surface area (TPSA) is 71.0 Å². The average Bonchev–Trinajstić information content (AvgIpc) is 2.81. The van der Waals surface area contributed by atoms with Crippen LogP contribution in [-0.4, -0.2) is 57.4 Å². The molecule has 1 aliphatic rings. The standard InChI is InChI=1S/C23H33N5O2.HI/c1-19(17-30-18-20-7-4-3-5-8-20)15-26-23(24-2)27-16-21-9-6-10-25-22(21)28-11-13-29-14-12-28;/h3-10,19H,11-18H2,1-2H3,(H2,24,26,27);1H. The largest absolute Gasteiger partial charge is 0.378 e. The summed E-state index contributed by atoms with van der Waals surface area (Å²) in [4.78, 5) is 11.2. The van der Waals surface area contributed by atoms with E-state index in [1.165, 1.54) is 5.56 Å². The highest BCUT2D eigenvalue weighted by atomic mass is 127. The quantitative estimate of drug-likeness (QED) is 0.290. The number of aliphatic imine (C=N–C) groups is 1. The molecule has 0 radical (unpaired) electrons. The first-order valence-electron chi connectivity index (χ1n) is 10.6. The fourth-order valence-electron chi connectivity index (χ4n) is 3.31. The minimum Gasteiger partial charge on any atom is -0.378 e. The summed E-state index contributed by atoms with van der Waals surface area (Å²) in [6.45, 7) is 8.20. The van der Waals surface area contributed by atoms with Gasteiger partial charge in [-0.2, -0.15) is 0 Å². The molecule has 0 saturated carbocycles. The molecule has 170 valence electrons. The Kier molecular flexibility index (Phi) is 11.6. The van der Waals surface area contributed by atoms with Crippen molar-refractivity contribution in [2.45, 2.75) is 20.1 Å². The van der Waals surface area contributed by atoms with Gasteiger partial charge < -0.3 is 25.0 Å². The molecule has 7 nitrogen and oxygen atoms in total. The molecule has 2 N–H and O–H groups in total. The number of aromatic nitrogens is 1. The van der Waals surface area contributed by atoms with Crippen LogP contribution in [0.5, 0.6) is 0 Å². The van der Waals surface area contributed by atoms with Crippen molar-refractivity contribution in [3.05, 3.63) is 59.8 Å². The van der Waals surface area contributed by atoms with Gasteiger partial charge in [0, 0.05) is 45.0 Å². The number of benzene rings is 1. The van der Waals surface area contributed by atoms with E-state index in [9.17, 15) is 0 Å². The van der Waals surface area contributed by atoms with Gasteiger partial charge in [0.15, 0.2) is 5.96 Å². The molecule has 2 heterocycles. The Hall–Kier alpha value is -1.91. The predicted molar refractivity (Wildman–Crippen MR) is 136 cm³/mol. The first-order valence-corrected chi connectivity index (χ1v) is 10.6. The molecule has 2 aromatic rings. The summed E-state index contributed by atoms with van der Waals surface area (Å²) >= 11 is 0. The molecule has 1 aromatic heterocycles. The highest BCUT2D eigenvalue weighted by molar-refractivity contribution is 14.0. The molecule has 1 unspecified atom stereocenters. The highest BCUT2D eigenvalue weighted by Crippen LogP contribution is 2.18. The second-order valence-corrected chi connectivity index (χ2v) is 7.50. The molecule has 0 bridgehead atoms. The second kappa shape index (κ2) is 14.2. The number of halogens is 1. The van der Waals surface area contributed by atoms with Gasteiger partial charge in [-0.25, -0.2) is 4.98 Å². The van der Waals surface area contributed by atoms with E-state index in [-0.39, 0.29) is 24.0 Å². The lowest BCUT2D eigenvalue weighted by Gasteiger charge is -2.29. The average molecular weight is 539 g/mol. The summed E-state index contributed by atoms with van der Waals surface area (Å²) < 4.78 is 11.3. The number of hydrogen-bond acceptors (Lipinski definition) is 5. The molecule has 1 fully saturated rings. The van der Waals surface area contributed by atoms with Crippen LogP contribution < -0.4 is 15.5 Å². The first-order chi connectivity index (χ1) is 14.8. The minimum absolute atomic E-state index is 0. The van der Waals surface area contributed by atoms with Crippen LogP contribution in [0.3, 0.4) is 0 Å². The van der Waals surface area contributed by atoms with Crippen LogP contribution in [0, 0.1) is 5.92 Å². The Morgan fingerprint density at radius 2 is 1.94 bits per heavy atom. The molecular weight excluding hydrogens is 505 g/mol. The molecule has 1 aliphatic heterocycles. The van der Waals surface area contributed by atoms with Gasteiger partial charge >= 0.3 is 0 Å². The predicted octanol–water partition coefficient (Wildman–Crippen LogP) is 3.05. The first kappa shape index (κ1) is 25.4. The Morgan fingerprint density at radius 1 is 1.16 bits per heavy atom. The summed E-state index contributed by atoms with van der Waals surface area (Å²) in [6.07, 6.45) is 1.85. The number of hydrogen-bond donors (Lipinski definition) is 2. The lowest BCUT2D eigenvalue weighted by atomic mass is 10.2. The van der Waals surface area contributed by atoms with Crippen molar-refractivity contribution in [2.24, 2.45) is 10.9 Å². The maximum atomic E-state index is 5.84. The summed E-state index contributed by atoms with van der Waals surface area (Å²) in [5.74, 6) is 2.17. The van der Waals surface area contributed by atoms with Gasteiger partial charge in [0.1, 0.15) is 5.82 Å². The van der Waals surface area contributed by atoms with Crippen molar-refractivity contribution in [2.75, 3.05) is 51.4 Å². The minimum atomic E-state index is 0. The van der Waals surface area contributed by atoms with Crippen LogP contribution in [0.2, 0.25) is 0 Å². The zero-order chi connectivity index (χ0) is 21.0. The zero-order valence-electron chi connectivity index (χ0n) is 18.4. The lowest BCUT2D eigenvalue weighted by molar-refractivity contribution is 0.0931. The number of rotatable bonds is 9. The van der Waals surface area contributed by atoms with Crippen molar-refractivity contribution < 1.29 is 9.47 Å². The van der Waals surface area contributed by atoms with E-state index in [0.717, 1.165) is 50.2 Å². The third kappa shape index (κ3) is 8.62.